The molecule has 0 unspecified atom stereocenters. The minimum Gasteiger partial charge on any atom is -0.364 e. The van der Waals surface area contributed by atoms with Gasteiger partial charge in [-0.05, 0) is 49.3 Å². The molecule has 142 valence electrons. The van der Waals surface area contributed by atoms with Gasteiger partial charge in [0.2, 0.25) is 0 Å². The summed E-state index contributed by atoms with van der Waals surface area (Å²) in [5.74, 6) is 0.841. The molecule has 3 aromatic rings. The number of hydrogen-bond acceptors (Lipinski definition) is 2. The van der Waals surface area contributed by atoms with E-state index in [2.05, 4.69) is 54.2 Å². The second-order valence-electron chi connectivity index (χ2n) is 8.16. The third-order valence-corrected chi connectivity index (χ3v) is 6.57. The predicted octanol–water partition coefficient (Wildman–Crippen LogP) is 5.51. The summed E-state index contributed by atoms with van der Waals surface area (Å²) in [6.07, 6.45) is 8.51. The van der Waals surface area contributed by atoms with Crippen LogP contribution in [0, 0.1) is 19.8 Å². The van der Waals surface area contributed by atoms with Crippen molar-refractivity contribution in [3.63, 3.8) is 0 Å². The van der Waals surface area contributed by atoms with Crippen LogP contribution < -0.4 is 4.90 Å². The van der Waals surface area contributed by atoms with Crippen molar-refractivity contribution in [2.45, 2.75) is 52.5 Å². The topological polar surface area (TPSA) is 31.9 Å². The molecule has 1 saturated carbocycles. The van der Waals surface area contributed by atoms with Crippen LogP contribution >= 0.6 is 12.4 Å². The lowest BCUT2D eigenvalue weighted by atomic mass is 9.81. The van der Waals surface area contributed by atoms with E-state index in [-0.39, 0.29) is 12.4 Å². The van der Waals surface area contributed by atoms with Crippen LogP contribution in [0.25, 0.3) is 10.9 Å². The van der Waals surface area contributed by atoms with E-state index in [1.807, 2.05) is 0 Å². The van der Waals surface area contributed by atoms with Gasteiger partial charge in [0.15, 0.2) is 0 Å². The van der Waals surface area contributed by atoms with Gasteiger partial charge in [-0.3, -0.25) is 4.98 Å². The van der Waals surface area contributed by atoms with Crippen LogP contribution in [0.2, 0.25) is 0 Å². The zero-order chi connectivity index (χ0) is 17.7. The first-order chi connectivity index (χ1) is 12.7. The Morgan fingerprint density at radius 2 is 1.93 bits per heavy atom. The number of rotatable bonds is 3. The quantitative estimate of drug-likeness (QED) is 0.648. The number of H-pyrrole nitrogens is 1. The normalized spacial score (nSPS) is 16.7. The van der Waals surface area contributed by atoms with Crippen LogP contribution in [0.4, 0.5) is 5.69 Å². The summed E-state index contributed by atoms with van der Waals surface area (Å²) in [6.45, 7) is 6.48. The summed E-state index contributed by atoms with van der Waals surface area (Å²) >= 11 is 0. The van der Waals surface area contributed by atoms with Crippen LogP contribution in [-0.2, 0) is 19.4 Å². The van der Waals surface area contributed by atoms with E-state index < -0.39 is 0 Å². The van der Waals surface area contributed by atoms with E-state index in [4.69, 9.17) is 4.98 Å². The van der Waals surface area contributed by atoms with E-state index in [1.54, 1.807) is 0 Å². The van der Waals surface area contributed by atoms with Gasteiger partial charge in [-0.2, -0.15) is 0 Å². The number of aryl methyl sites for hydroxylation is 2. The van der Waals surface area contributed by atoms with Gasteiger partial charge >= 0.3 is 0 Å². The Kier molecular flexibility index (Phi) is 4.90. The molecule has 3 nitrogen and oxygen atoms in total. The van der Waals surface area contributed by atoms with Crippen LogP contribution in [0.1, 0.15) is 47.3 Å². The third-order valence-electron chi connectivity index (χ3n) is 6.57. The number of halogens is 1. The van der Waals surface area contributed by atoms with Crippen molar-refractivity contribution in [1.82, 2.24) is 9.97 Å². The molecule has 27 heavy (non-hydrogen) atoms. The molecule has 0 atom stereocenters. The van der Waals surface area contributed by atoms with Crippen molar-refractivity contribution in [2.24, 2.45) is 5.92 Å². The molecule has 1 aliphatic heterocycles. The van der Waals surface area contributed by atoms with Gasteiger partial charge in [0.25, 0.3) is 0 Å². The number of pyridine rings is 1. The molecule has 1 N–H and O–H groups in total. The van der Waals surface area contributed by atoms with Crippen LogP contribution in [0.3, 0.4) is 0 Å². The molecule has 1 aromatic carbocycles. The van der Waals surface area contributed by atoms with Gasteiger partial charge in [-0.15, -0.1) is 12.4 Å². The predicted molar refractivity (Wildman–Crippen MR) is 115 cm³/mol. The van der Waals surface area contributed by atoms with Crippen molar-refractivity contribution in [2.75, 3.05) is 11.4 Å². The Balaban J connectivity index is 0.00000180. The molecule has 4 heteroatoms. The number of anilines is 1. The van der Waals surface area contributed by atoms with Gasteiger partial charge in [-0.1, -0.05) is 43.5 Å². The SMILES string of the molecule is Cc1[nH]c2c(N3CCc4ccccc4C3)cnc(CC3CCC3)c2c1C.Cl. The van der Waals surface area contributed by atoms with Gasteiger partial charge in [-0.25, -0.2) is 0 Å². The lowest BCUT2D eigenvalue weighted by Crippen LogP contribution is -2.30. The first kappa shape index (κ1) is 18.4. The summed E-state index contributed by atoms with van der Waals surface area (Å²) in [7, 11) is 0. The van der Waals surface area contributed by atoms with Crippen LogP contribution in [0.15, 0.2) is 30.5 Å². The number of hydrogen-bond donors (Lipinski definition) is 1. The maximum atomic E-state index is 4.97. The Morgan fingerprint density at radius 1 is 1.15 bits per heavy atom. The van der Waals surface area contributed by atoms with E-state index in [1.165, 1.54) is 63.9 Å². The zero-order valence-electron chi connectivity index (χ0n) is 16.2. The summed E-state index contributed by atoms with van der Waals surface area (Å²) < 4.78 is 0. The van der Waals surface area contributed by atoms with Gasteiger partial charge in [0.05, 0.1) is 23.1 Å². The lowest BCUT2D eigenvalue weighted by Gasteiger charge is -2.31. The Bertz CT molecular complexity index is 971. The summed E-state index contributed by atoms with van der Waals surface area (Å²) in [6, 6.07) is 8.84. The summed E-state index contributed by atoms with van der Waals surface area (Å²) in [5, 5.41) is 1.38. The van der Waals surface area contributed by atoms with E-state index >= 15 is 0 Å². The minimum absolute atomic E-state index is 0. The number of nitrogens with one attached hydrogen (secondary N) is 1. The van der Waals surface area contributed by atoms with Crippen molar-refractivity contribution >= 4 is 29.0 Å². The van der Waals surface area contributed by atoms with Gasteiger partial charge < -0.3 is 9.88 Å². The summed E-state index contributed by atoms with van der Waals surface area (Å²) in [5.41, 5.74) is 9.46. The van der Waals surface area contributed by atoms with Crippen molar-refractivity contribution in [3.05, 3.63) is 58.5 Å². The molecule has 0 radical (unpaired) electrons. The molecule has 0 amide bonds. The first-order valence-corrected chi connectivity index (χ1v) is 9.99. The highest BCUT2D eigenvalue weighted by atomic mass is 35.5. The fourth-order valence-electron chi connectivity index (χ4n) is 4.61. The second kappa shape index (κ2) is 7.20. The van der Waals surface area contributed by atoms with Crippen molar-refractivity contribution < 1.29 is 0 Å². The maximum absolute atomic E-state index is 4.97. The molecule has 2 aromatic heterocycles. The molecular weight excluding hydrogens is 354 g/mol. The minimum atomic E-state index is 0. The maximum Gasteiger partial charge on any atom is 0.0801 e. The molecular formula is C23H28ClN3. The highest BCUT2D eigenvalue weighted by molar-refractivity contribution is 5.96. The molecule has 2 aliphatic rings. The molecule has 5 rings (SSSR count). The number of nitrogens with zero attached hydrogens (tertiary/aromatic N) is 2. The van der Waals surface area contributed by atoms with E-state index in [0.717, 1.165) is 31.8 Å². The van der Waals surface area contributed by atoms with E-state index in [0.29, 0.717) is 0 Å². The smallest absolute Gasteiger partial charge is 0.0801 e. The van der Waals surface area contributed by atoms with Crippen molar-refractivity contribution in [3.8, 4) is 0 Å². The average molecular weight is 382 g/mol. The zero-order valence-corrected chi connectivity index (χ0v) is 17.0. The van der Waals surface area contributed by atoms with Crippen LogP contribution in [-0.4, -0.2) is 16.5 Å². The first-order valence-electron chi connectivity index (χ1n) is 9.99. The average Bonchev–Trinajstić information content (AvgIpc) is 2.93. The fraction of sp³-hybridized carbons (Fsp3) is 0.435. The van der Waals surface area contributed by atoms with Gasteiger partial charge in [0, 0.05) is 24.2 Å². The second-order valence-corrected chi connectivity index (χ2v) is 8.16. The fourth-order valence-corrected chi connectivity index (χ4v) is 4.61. The van der Waals surface area contributed by atoms with Crippen molar-refractivity contribution in [1.29, 1.82) is 0 Å². The molecule has 1 fully saturated rings. The number of fused-ring (bicyclic) bond motifs is 2. The lowest BCUT2D eigenvalue weighted by molar-refractivity contribution is 0.313. The monoisotopic (exact) mass is 381 g/mol. The highest BCUT2D eigenvalue weighted by Crippen LogP contribution is 2.37. The molecule has 3 heterocycles. The van der Waals surface area contributed by atoms with Crippen LogP contribution in [0.5, 0.6) is 0 Å². The van der Waals surface area contributed by atoms with E-state index in [9.17, 15) is 0 Å². The Labute approximate surface area is 167 Å². The summed E-state index contributed by atoms with van der Waals surface area (Å²) in [4.78, 5) is 11.2. The molecule has 0 spiro atoms. The Morgan fingerprint density at radius 3 is 2.67 bits per heavy atom. The van der Waals surface area contributed by atoms with Gasteiger partial charge in [0.1, 0.15) is 0 Å². The highest BCUT2D eigenvalue weighted by Gasteiger charge is 2.24. The number of benzene rings is 1. The number of aromatic nitrogens is 2. The largest absolute Gasteiger partial charge is 0.364 e. The standard InChI is InChI=1S/C23H27N3.ClH/c1-15-16(2)25-23-21(13-24-20(22(15)23)12-17-6-5-7-17)26-11-10-18-8-3-4-9-19(18)14-26;/h3-4,8-9,13,17,25H,5-7,10-12,14H2,1-2H3;1H. The molecule has 0 saturated heterocycles. The molecule has 0 bridgehead atoms. The number of aromatic amines is 1. The third kappa shape index (κ3) is 3.12. The Hall–Kier alpha value is -2.00. The molecule has 1 aliphatic carbocycles.